The predicted molar refractivity (Wildman–Crippen MR) is 138 cm³/mol. The van der Waals surface area contributed by atoms with Crippen LogP contribution in [-0.2, 0) is 16.1 Å². The molecule has 37 heavy (non-hydrogen) atoms. The van der Waals surface area contributed by atoms with E-state index in [0.29, 0.717) is 35.1 Å². The van der Waals surface area contributed by atoms with Crippen LogP contribution in [-0.4, -0.2) is 57.8 Å². The minimum atomic E-state index is -0.815. The van der Waals surface area contributed by atoms with Crippen molar-refractivity contribution in [3.05, 3.63) is 36.1 Å². The fourth-order valence-electron chi connectivity index (χ4n) is 3.85. The lowest BCUT2D eigenvalue weighted by molar-refractivity contribution is -0.128. The fourth-order valence-corrected chi connectivity index (χ4v) is 3.85. The van der Waals surface area contributed by atoms with Crippen molar-refractivity contribution in [1.29, 1.82) is 0 Å². The van der Waals surface area contributed by atoms with Gasteiger partial charge in [-0.15, -0.1) is 10.2 Å². The van der Waals surface area contributed by atoms with Gasteiger partial charge in [-0.1, -0.05) is 13.8 Å². The molecule has 2 heterocycles. The number of rotatable bonds is 10. The molecule has 2 aromatic heterocycles. The summed E-state index contributed by atoms with van der Waals surface area (Å²) in [6, 6.07) is 7.82. The maximum absolute atomic E-state index is 13.9. The lowest BCUT2D eigenvalue weighted by Gasteiger charge is -2.35. The highest BCUT2D eigenvalue weighted by molar-refractivity contribution is 6.02. The second-order valence-corrected chi connectivity index (χ2v) is 10.2. The maximum Gasteiger partial charge on any atom is 0.251 e. The number of carbonyl (C=O) groups is 2. The Hall–Kier alpha value is -3.89. The third kappa shape index (κ3) is 7.08. The molecule has 0 aliphatic carbocycles. The number of amides is 2. The van der Waals surface area contributed by atoms with Gasteiger partial charge in [-0.25, -0.2) is 0 Å². The van der Waals surface area contributed by atoms with Gasteiger partial charge in [0, 0.05) is 11.6 Å². The highest BCUT2D eigenvalue weighted by atomic mass is 16.5. The van der Waals surface area contributed by atoms with E-state index in [-0.39, 0.29) is 24.2 Å². The quantitative estimate of drug-likeness (QED) is 0.437. The number of furan rings is 1. The summed E-state index contributed by atoms with van der Waals surface area (Å²) in [7, 11) is 3.05. The number of nitrogens with one attached hydrogen (secondary N) is 1. The van der Waals surface area contributed by atoms with Crippen molar-refractivity contribution < 1.29 is 23.5 Å². The van der Waals surface area contributed by atoms with Crippen LogP contribution < -0.4 is 19.7 Å². The van der Waals surface area contributed by atoms with Crippen LogP contribution in [0.2, 0.25) is 0 Å². The Balaban J connectivity index is 2.03. The number of tetrazole rings is 1. The summed E-state index contributed by atoms with van der Waals surface area (Å²) in [5.41, 5.74) is -0.0563. The Kier molecular flexibility index (Phi) is 8.57. The normalized spacial score (nSPS) is 12.4. The number of aromatic nitrogens is 4. The molecule has 0 unspecified atom stereocenters. The molecular weight excluding hydrogens is 476 g/mol. The van der Waals surface area contributed by atoms with E-state index in [4.69, 9.17) is 13.9 Å². The molecule has 2 amide bonds. The minimum Gasteiger partial charge on any atom is -0.497 e. The topological polar surface area (TPSA) is 125 Å². The molecule has 1 aromatic carbocycles. The summed E-state index contributed by atoms with van der Waals surface area (Å²) < 4.78 is 16.5. The number of hydrogen-bond acceptors (Lipinski definition) is 8. The Morgan fingerprint density at radius 1 is 1.14 bits per heavy atom. The summed E-state index contributed by atoms with van der Waals surface area (Å²) >= 11 is 0. The first-order valence-electron chi connectivity index (χ1n) is 12.1. The van der Waals surface area contributed by atoms with Crippen LogP contribution in [0.25, 0.3) is 11.6 Å². The van der Waals surface area contributed by atoms with Crippen molar-refractivity contribution in [1.82, 2.24) is 25.5 Å². The molecule has 0 saturated carbocycles. The summed E-state index contributed by atoms with van der Waals surface area (Å²) in [4.78, 5) is 30.1. The van der Waals surface area contributed by atoms with E-state index >= 15 is 0 Å². The van der Waals surface area contributed by atoms with Crippen LogP contribution in [0.1, 0.15) is 46.8 Å². The predicted octanol–water partition coefficient (Wildman–Crippen LogP) is 3.62. The molecule has 11 heteroatoms. The van der Waals surface area contributed by atoms with Crippen molar-refractivity contribution in [3.8, 4) is 23.1 Å². The van der Waals surface area contributed by atoms with Crippen LogP contribution in [0.15, 0.2) is 34.7 Å². The number of carbonyl (C=O) groups excluding carboxylic acids is 2. The lowest BCUT2D eigenvalue weighted by Crippen LogP contribution is -2.55. The summed E-state index contributed by atoms with van der Waals surface area (Å²) in [5, 5.41) is 15.4. The zero-order chi connectivity index (χ0) is 27.3. The van der Waals surface area contributed by atoms with E-state index in [1.54, 1.807) is 37.4 Å². The lowest BCUT2D eigenvalue weighted by atomic mass is 9.98. The number of nitrogens with zero attached hydrogens (tertiary/aromatic N) is 5. The Morgan fingerprint density at radius 2 is 1.86 bits per heavy atom. The van der Waals surface area contributed by atoms with Crippen molar-refractivity contribution in [2.45, 2.75) is 66.1 Å². The first kappa shape index (κ1) is 27.7. The summed E-state index contributed by atoms with van der Waals surface area (Å²) in [5.74, 6) is 1.82. The molecule has 0 bridgehead atoms. The van der Waals surface area contributed by atoms with Crippen LogP contribution in [0.4, 0.5) is 5.69 Å². The van der Waals surface area contributed by atoms with Crippen molar-refractivity contribution in [2.24, 2.45) is 5.92 Å². The first-order chi connectivity index (χ1) is 17.4. The number of hydrogen-bond donors (Lipinski definition) is 1. The van der Waals surface area contributed by atoms with Gasteiger partial charge in [-0.2, -0.15) is 4.80 Å². The number of anilines is 1. The summed E-state index contributed by atoms with van der Waals surface area (Å²) in [6.45, 7) is 11.3. The molecule has 3 aromatic rings. The highest BCUT2D eigenvalue weighted by Crippen LogP contribution is 2.35. The Morgan fingerprint density at radius 3 is 2.43 bits per heavy atom. The van der Waals surface area contributed by atoms with E-state index in [2.05, 4.69) is 20.7 Å². The molecular formula is C26H36N6O5. The van der Waals surface area contributed by atoms with Crippen molar-refractivity contribution >= 4 is 17.5 Å². The van der Waals surface area contributed by atoms with Gasteiger partial charge in [0.25, 0.3) is 5.91 Å². The molecule has 3 rings (SSSR count). The molecule has 0 radical (unpaired) electrons. The molecule has 11 nitrogen and oxygen atoms in total. The van der Waals surface area contributed by atoms with E-state index in [1.807, 2.05) is 41.5 Å². The SMILES string of the molecule is COc1ccc(N(C(=O)Cn2nnc(-c3ccc(C)o3)n2)[C@@H](CC(C)C)C(=O)NC(C)(C)C)c(OC)c1. The van der Waals surface area contributed by atoms with Gasteiger partial charge in [0.15, 0.2) is 5.76 Å². The molecule has 0 saturated heterocycles. The average molecular weight is 513 g/mol. The van der Waals surface area contributed by atoms with Gasteiger partial charge in [0.05, 0.1) is 19.9 Å². The van der Waals surface area contributed by atoms with Gasteiger partial charge >= 0.3 is 0 Å². The Labute approximate surface area is 217 Å². The van der Waals surface area contributed by atoms with Crippen LogP contribution in [0.3, 0.4) is 0 Å². The van der Waals surface area contributed by atoms with Crippen molar-refractivity contribution in [3.63, 3.8) is 0 Å². The fraction of sp³-hybridized carbons (Fsp3) is 0.500. The molecule has 1 N–H and O–H groups in total. The van der Waals surface area contributed by atoms with Gasteiger partial charge in [0.2, 0.25) is 11.7 Å². The molecule has 0 spiro atoms. The minimum absolute atomic E-state index is 0.119. The second kappa shape index (κ2) is 11.4. The third-order valence-corrected chi connectivity index (χ3v) is 5.41. The molecule has 0 aliphatic heterocycles. The summed E-state index contributed by atoms with van der Waals surface area (Å²) in [6.07, 6.45) is 0.421. The molecule has 0 aliphatic rings. The van der Waals surface area contributed by atoms with Crippen LogP contribution >= 0.6 is 0 Å². The van der Waals surface area contributed by atoms with Gasteiger partial charge < -0.3 is 19.2 Å². The number of ether oxygens (including phenoxy) is 2. The number of aryl methyl sites for hydroxylation is 1. The third-order valence-electron chi connectivity index (χ3n) is 5.41. The Bertz CT molecular complexity index is 1230. The van der Waals surface area contributed by atoms with E-state index in [0.717, 1.165) is 0 Å². The first-order valence-corrected chi connectivity index (χ1v) is 12.1. The highest BCUT2D eigenvalue weighted by Gasteiger charge is 2.35. The molecule has 200 valence electrons. The number of methoxy groups -OCH3 is 2. The van der Waals surface area contributed by atoms with E-state index in [1.165, 1.54) is 16.8 Å². The molecule has 0 fully saturated rings. The van der Waals surface area contributed by atoms with E-state index < -0.39 is 17.5 Å². The monoisotopic (exact) mass is 512 g/mol. The zero-order valence-corrected chi connectivity index (χ0v) is 22.7. The van der Waals surface area contributed by atoms with Gasteiger partial charge in [-0.05, 0) is 69.5 Å². The zero-order valence-electron chi connectivity index (χ0n) is 22.7. The average Bonchev–Trinajstić information content (AvgIpc) is 3.46. The maximum atomic E-state index is 13.9. The van der Waals surface area contributed by atoms with Crippen molar-refractivity contribution in [2.75, 3.05) is 19.1 Å². The van der Waals surface area contributed by atoms with Crippen LogP contribution in [0, 0.1) is 12.8 Å². The van der Waals surface area contributed by atoms with Gasteiger partial charge in [-0.3, -0.25) is 14.5 Å². The standard InChI is InChI=1S/C26H36N6O5/c1-16(2)13-20(25(34)27-26(4,5)6)32(19-11-10-18(35-7)14-22(19)36-8)23(33)15-31-29-24(28-30-31)21-12-9-17(3)37-21/h9-12,14,16,20H,13,15H2,1-8H3,(H,27,34)/t20-/m0/s1. The van der Waals surface area contributed by atoms with Gasteiger partial charge in [0.1, 0.15) is 29.8 Å². The van der Waals surface area contributed by atoms with E-state index in [9.17, 15) is 9.59 Å². The largest absolute Gasteiger partial charge is 0.497 e. The molecule has 1 atom stereocenters. The van der Waals surface area contributed by atoms with Crippen LogP contribution in [0.5, 0.6) is 11.5 Å². The smallest absolute Gasteiger partial charge is 0.251 e. The second-order valence-electron chi connectivity index (χ2n) is 10.2. The number of benzene rings is 1.